The van der Waals surface area contributed by atoms with E-state index in [-0.39, 0.29) is 23.5 Å². The van der Waals surface area contributed by atoms with E-state index in [1.54, 1.807) is 13.2 Å². The molecule has 2 aromatic heterocycles. The van der Waals surface area contributed by atoms with E-state index >= 15 is 0 Å². The monoisotopic (exact) mass is 515 g/mol. The summed E-state index contributed by atoms with van der Waals surface area (Å²) in [4.78, 5) is 33.3. The second kappa shape index (κ2) is 9.32. The zero-order chi connectivity index (χ0) is 23.8. The molecule has 0 radical (unpaired) electrons. The number of sulfonamides is 1. The van der Waals surface area contributed by atoms with Crippen LogP contribution in [0.2, 0.25) is 0 Å². The van der Waals surface area contributed by atoms with Crippen LogP contribution in [0.4, 0.5) is 5.95 Å². The van der Waals surface area contributed by atoms with Gasteiger partial charge in [-0.3, -0.25) is 9.69 Å². The number of hydrogen-bond donors (Lipinski definition) is 4. The third-order valence-corrected chi connectivity index (χ3v) is 8.05. The second-order valence-electron chi connectivity index (χ2n) is 7.34. The number of nitrogens with one attached hydrogen (secondary N) is 3. The largest absolute Gasteiger partial charge is 0.477 e. The van der Waals surface area contributed by atoms with Crippen molar-refractivity contribution in [1.82, 2.24) is 39.8 Å². The van der Waals surface area contributed by atoms with E-state index in [9.17, 15) is 23.1 Å². The molecule has 0 saturated carbocycles. The predicted molar refractivity (Wildman–Crippen MR) is 120 cm³/mol. The van der Waals surface area contributed by atoms with Crippen molar-refractivity contribution in [2.45, 2.75) is 23.0 Å². The summed E-state index contributed by atoms with van der Waals surface area (Å²) in [5, 5.41) is 24.2. The van der Waals surface area contributed by atoms with Crippen LogP contribution in [0.1, 0.15) is 5.69 Å². The molecule has 4 N–H and O–H groups in total. The highest BCUT2D eigenvalue weighted by Gasteiger charge is 2.53. The minimum absolute atomic E-state index is 0.00332. The minimum atomic E-state index is -3.28. The van der Waals surface area contributed by atoms with E-state index in [4.69, 9.17) is 0 Å². The molecule has 33 heavy (non-hydrogen) atoms. The van der Waals surface area contributed by atoms with Gasteiger partial charge in [0.05, 0.1) is 12.5 Å². The van der Waals surface area contributed by atoms with Crippen LogP contribution in [0.5, 0.6) is 0 Å². The Kier molecular flexibility index (Phi) is 6.64. The number of aromatic amines is 1. The molecule has 4 rings (SSSR count). The molecule has 2 aliphatic rings. The van der Waals surface area contributed by atoms with Gasteiger partial charge in [0, 0.05) is 37.2 Å². The number of aliphatic carboxylic acids is 1. The summed E-state index contributed by atoms with van der Waals surface area (Å²) in [7, 11) is -1.58. The van der Waals surface area contributed by atoms with Gasteiger partial charge in [-0.15, -0.1) is 16.9 Å². The number of carbonyl (C=O) groups excluding carboxylic acids is 1. The van der Waals surface area contributed by atoms with Crippen molar-refractivity contribution in [3.63, 3.8) is 0 Å². The lowest BCUT2D eigenvalue weighted by Gasteiger charge is -2.49. The van der Waals surface area contributed by atoms with Crippen LogP contribution in [0.25, 0.3) is 0 Å². The number of amides is 1. The summed E-state index contributed by atoms with van der Waals surface area (Å²) in [5.74, 6) is -0.352. The Labute approximate surface area is 197 Å². The molecule has 4 heterocycles. The number of thioether (sulfide) groups is 2. The zero-order valence-electron chi connectivity index (χ0n) is 17.5. The molecule has 0 spiro atoms. The van der Waals surface area contributed by atoms with E-state index in [1.165, 1.54) is 33.1 Å². The number of fused-ring (bicyclic) bond motifs is 1. The molecular weight excluding hydrogens is 494 g/mol. The van der Waals surface area contributed by atoms with E-state index in [0.717, 1.165) is 6.26 Å². The average molecular weight is 516 g/mol. The molecule has 0 bridgehead atoms. The Morgan fingerprint density at radius 1 is 1.45 bits per heavy atom. The molecule has 178 valence electrons. The van der Waals surface area contributed by atoms with Gasteiger partial charge < -0.3 is 15.4 Å². The number of hydrogen-bond acceptors (Lipinski definition) is 11. The topological polar surface area (TPSA) is 188 Å². The van der Waals surface area contributed by atoms with Gasteiger partial charge in [-0.2, -0.15) is 0 Å². The van der Waals surface area contributed by atoms with Crippen LogP contribution in [0, 0.1) is 0 Å². The summed E-state index contributed by atoms with van der Waals surface area (Å²) in [6.45, 7) is 0.215. The Balaban J connectivity index is 1.40. The van der Waals surface area contributed by atoms with Gasteiger partial charge in [0.15, 0.2) is 0 Å². The number of carboxylic acid groups (broad SMARTS) is 1. The maximum Gasteiger partial charge on any atom is 0.352 e. The maximum absolute atomic E-state index is 12.8. The maximum atomic E-state index is 12.8. The molecule has 17 heteroatoms. The van der Waals surface area contributed by atoms with E-state index in [0.29, 0.717) is 40.3 Å². The number of anilines is 1. The lowest BCUT2D eigenvalue weighted by molar-refractivity contribution is -0.147. The van der Waals surface area contributed by atoms with E-state index in [2.05, 4.69) is 35.5 Å². The number of imidazole rings is 1. The number of tetrazole rings is 1. The van der Waals surface area contributed by atoms with Crippen LogP contribution < -0.4 is 10.0 Å². The van der Waals surface area contributed by atoms with Gasteiger partial charge in [-0.25, -0.2) is 27.6 Å². The van der Waals surface area contributed by atoms with Gasteiger partial charge >= 0.3 is 5.97 Å². The average Bonchev–Trinajstić information content (AvgIpc) is 3.37. The number of carbonyl (C=O) groups is 2. The number of aromatic nitrogens is 6. The Morgan fingerprint density at radius 3 is 2.91 bits per heavy atom. The van der Waals surface area contributed by atoms with Crippen molar-refractivity contribution >= 4 is 51.4 Å². The number of β-lactam (4-membered cyclic amide) rings is 1. The van der Waals surface area contributed by atoms with Crippen molar-refractivity contribution < 1.29 is 23.1 Å². The predicted octanol–water partition coefficient (Wildman–Crippen LogP) is -1.15. The smallest absolute Gasteiger partial charge is 0.352 e. The highest BCUT2D eigenvalue weighted by molar-refractivity contribution is 8.01. The fourth-order valence-corrected chi connectivity index (χ4v) is 6.18. The minimum Gasteiger partial charge on any atom is -0.477 e. The van der Waals surface area contributed by atoms with Crippen molar-refractivity contribution in [3.05, 3.63) is 23.2 Å². The number of H-pyrrole nitrogens is 1. The van der Waals surface area contributed by atoms with Gasteiger partial charge in [-0.1, -0.05) is 11.8 Å². The summed E-state index contributed by atoms with van der Waals surface area (Å²) in [6, 6.07) is -0.630. The molecular formula is C16H21N9O5S3. The molecule has 1 saturated heterocycles. The molecule has 0 aliphatic carbocycles. The molecule has 1 amide bonds. The van der Waals surface area contributed by atoms with Crippen molar-refractivity contribution in [3.8, 4) is 0 Å². The molecule has 2 aromatic rings. The Morgan fingerprint density at radius 2 is 2.24 bits per heavy atom. The van der Waals surface area contributed by atoms with Crippen molar-refractivity contribution in [2.24, 2.45) is 7.05 Å². The normalized spacial score (nSPS) is 20.5. The number of nitrogens with zero attached hydrogens (tertiary/aromatic N) is 6. The molecule has 2 aliphatic heterocycles. The van der Waals surface area contributed by atoms with E-state index in [1.807, 2.05) is 0 Å². The Hall–Kier alpha value is -2.63. The Bertz CT molecular complexity index is 1210. The third kappa shape index (κ3) is 5.15. The SMILES string of the molecule is Cn1nnnc1SCC1=C(C(=O)O)N2C(=O)C(Nc3ncc(CCNS(C)(=O)=O)[nH]3)[C@@H]2SC1. The lowest BCUT2D eigenvalue weighted by atomic mass is 10.0. The summed E-state index contributed by atoms with van der Waals surface area (Å²) >= 11 is 2.77. The first-order valence-corrected chi connectivity index (χ1v) is 13.6. The van der Waals surface area contributed by atoms with Crippen LogP contribution in [0.15, 0.2) is 22.6 Å². The zero-order valence-corrected chi connectivity index (χ0v) is 20.0. The highest BCUT2D eigenvalue weighted by Crippen LogP contribution is 2.42. The molecule has 1 fully saturated rings. The van der Waals surface area contributed by atoms with Crippen LogP contribution in [-0.2, 0) is 33.1 Å². The molecule has 1 unspecified atom stereocenters. The summed E-state index contributed by atoms with van der Waals surface area (Å²) < 4.78 is 26.2. The molecule has 14 nitrogen and oxygen atoms in total. The fourth-order valence-electron chi connectivity index (χ4n) is 3.37. The lowest BCUT2D eigenvalue weighted by Crippen LogP contribution is -2.67. The molecule has 0 aromatic carbocycles. The number of aryl methyl sites for hydroxylation is 1. The fraction of sp³-hybridized carbons (Fsp3) is 0.500. The van der Waals surface area contributed by atoms with Crippen LogP contribution in [-0.4, -0.2) is 96.2 Å². The van der Waals surface area contributed by atoms with Gasteiger partial charge in [-0.05, 0) is 16.0 Å². The summed E-state index contributed by atoms with van der Waals surface area (Å²) in [6.07, 6.45) is 3.04. The molecule has 2 atom stereocenters. The second-order valence-corrected chi connectivity index (χ2v) is 11.2. The van der Waals surface area contributed by atoms with Gasteiger partial charge in [0.1, 0.15) is 17.1 Å². The van der Waals surface area contributed by atoms with Crippen molar-refractivity contribution in [1.29, 1.82) is 0 Å². The van der Waals surface area contributed by atoms with Crippen LogP contribution in [0.3, 0.4) is 0 Å². The van der Waals surface area contributed by atoms with Gasteiger partial charge in [0.25, 0.3) is 5.91 Å². The third-order valence-electron chi connectivity index (χ3n) is 4.89. The first kappa shape index (κ1) is 23.5. The van der Waals surface area contributed by atoms with E-state index < -0.39 is 22.0 Å². The number of rotatable bonds is 10. The first-order valence-electron chi connectivity index (χ1n) is 9.64. The van der Waals surface area contributed by atoms with Crippen LogP contribution >= 0.6 is 23.5 Å². The first-order chi connectivity index (χ1) is 15.6. The quantitative estimate of drug-likeness (QED) is 0.220. The van der Waals surface area contributed by atoms with Gasteiger partial charge in [0.2, 0.25) is 21.1 Å². The van der Waals surface area contributed by atoms with Crippen molar-refractivity contribution in [2.75, 3.05) is 29.6 Å². The standard InChI is InChI=1S/C16H21N9O5S3/c1-24-16(21-22-23-24)32-7-8-6-31-13-10(12(26)25(13)11(8)14(27)28)20-15-17-5-9(19-15)3-4-18-33(2,29)30/h5,10,13,18H,3-4,6-7H2,1-2H3,(H,27,28)(H2,17,19,20)/t10?,13-/m0/s1. The number of carboxylic acids is 1. The summed E-state index contributed by atoms with van der Waals surface area (Å²) in [5.41, 5.74) is 1.32. The highest BCUT2D eigenvalue weighted by atomic mass is 32.2.